The number of fused-ring (bicyclic) bond motifs is 1. The number of hydrogen-bond donors (Lipinski definition) is 0. The van der Waals surface area contributed by atoms with Gasteiger partial charge in [-0.3, -0.25) is 9.59 Å². The SMILES string of the molecule is O=C(ON1C(=O)c2ccccc2C1=O)c1ccc(-c2nnc(C(F)F)o2)cc1. The molecule has 0 saturated carbocycles. The van der Waals surface area contributed by atoms with E-state index in [1.807, 2.05) is 0 Å². The average molecular weight is 385 g/mol. The van der Waals surface area contributed by atoms with Gasteiger partial charge >= 0.3 is 12.4 Å². The zero-order valence-corrected chi connectivity index (χ0v) is 13.8. The molecule has 0 aliphatic carbocycles. The Labute approximate surface area is 155 Å². The molecule has 1 aliphatic rings. The highest BCUT2D eigenvalue weighted by Gasteiger charge is 2.38. The van der Waals surface area contributed by atoms with E-state index in [4.69, 9.17) is 9.25 Å². The molecule has 28 heavy (non-hydrogen) atoms. The van der Waals surface area contributed by atoms with Crippen molar-refractivity contribution in [3.05, 3.63) is 71.1 Å². The highest BCUT2D eigenvalue weighted by Crippen LogP contribution is 2.25. The van der Waals surface area contributed by atoms with Crippen LogP contribution in [0.5, 0.6) is 0 Å². The summed E-state index contributed by atoms with van der Waals surface area (Å²) < 4.78 is 29.8. The second-order valence-electron chi connectivity index (χ2n) is 5.65. The number of imide groups is 1. The first kappa shape index (κ1) is 17.5. The van der Waals surface area contributed by atoms with E-state index < -0.39 is 30.1 Å². The van der Waals surface area contributed by atoms with Gasteiger partial charge in [-0.05, 0) is 36.4 Å². The molecule has 1 aromatic heterocycles. The molecule has 0 bridgehead atoms. The second-order valence-corrected chi connectivity index (χ2v) is 5.65. The highest BCUT2D eigenvalue weighted by atomic mass is 19.3. The van der Waals surface area contributed by atoms with Gasteiger partial charge in [-0.25, -0.2) is 4.79 Å². The van der Waals surface area contributed by atoms with E-state index in [9.17, 15) is 23.2 Å². The van der Waals surface area contributed by atoms with Crippen LogP contribution < -0.4 is 0 Å². The molecule has 0 saturated heterocycles. The predicted octanol–water partition coefficient (Wildman–Crippen LogP) is 3.04. The molecule has 140 valence electrons. The molecule has 0 fully saturated rings. The van der Waals surface area contributed by atoms with Gasteiger partial charge in [0.25, 0.3) is 17.7 Å². The maximum Gasteiger partial charge on any atom is 0.363 e. The van der Waals surface area contributed by atoms with Gasteiger partial charge < -0.3 is 9.25 Å². The Morgan fingerprint density at radius 1 is 0.964 bits per heavy atom. The van der Waals surface area contributed by atoms with Crippen LogP contribution in [0.15, 0.2) is 52.9 Å². The van der Waals surface area contributed by atoms with Crippen molar-refractivity contribution in [2.75, 3.05) is 0 Å². The lowest BCUT2D eigenvalue weighted by Gasteiger charge is -2.12. The van der Waals surface area contributed by atoms with Crippen LogP contribution >= 0.6 is 0 Å². The van der Waals surface area contributed by atoms with Crippen molar-refractivity contribution in [3.8, 4) is 11.5 Å². The normalized spacial score (nSPS) is 13.2. The van der Waals surface area contributed by atoms with Crippen LogP contribution in [-0.2, 0) is 4.84 Å². The van der Waals surface area contributed by atoms with Crippen LogP contribution in [0.2, 0.25) is 0 Å². The van der Waals surface area contributed by atoms with E-state index >= 15 is 0 Å². The number of carbonyl (C=O) groups is 3. The molecular formula is C18H9F2N3O5. The fourth-order valence-electron chi connectivity index (χ4n) is 2.57. The van der Waals surface area contributed by atoms with Gasteiger partial charge in [0.15, 0.2) is 0 Å². The summed E-state index contributed by atoms with van der Waals surface area (Å²) in [5, 5.41) is 7.11. The number of aromatic nitrogens is 2. The molecule has 0 unspecified atom stereocenters. The molecular weight excluding hydrogens is 376 g/mol. The van der Waals surface area contributed by atoms with Gasteiger partial charge in [0.05, 0.1) is 16.7 Å². The summed E-state index contributed by atoms with van der Waals surface area (Å²) in [7, 11) is 0. The van der Waals surface area contributed by atoms with Crippen molar-refractivity contribution >= 4 is 17.8 Å². The molecule has 4 rings (SSSR count). The van der Waals surface area contributed by atoms with E-state index in [1.165, 1.54) is 36.4 Å². The first-order valence-electron chi connectivity index (χ1n) is 7.88. The summed E-state index contributed by atoms with van der Waals surface area (Å²) >= 11 is 0. The van der Waals surface area contributed by atoms with Gasteiger partial charge in [-0.15, -0.1) is 10.2 Å². The number of amides is 2. The van der Waals surface area contributed by atoms with Crippen LogP contribution in [-0.4, -0.2) is 33.0 Å². The molecule has 0 N–H and O–H groups in total. The van der Waals surface area contributed by atoms with Crippen molar-refractivity contribution in [1.29, 1.82) is 0 Å². The third-order valence-electron chi connectivity index (χ3n) is 3.93. The third kappa shape index (κ3) is 2.90. The van der Waals surface area contributed by atoms with Gasteiger partial charge in [0, 0.05) is 5.56 Å². The zero-order chi connectivity index (χ0) is 19.8. The van der Waals surface area contributed by atoms with E-state index in [0.29, 0.717) is 10.6 Å². The summed E-state index contributed by atoms with van der Waals surface area (Å²) in [6.45, 7) is 0. The number of rotatable bonds is 4. The minimum Gasteiger partial charge on any atom is -0.415 e. The molecule has 1 aliphatic heterocycles. The summed E-state index contributed by atoms with van der Waals surface area (Å²) in [5.74, 6) is -3.38. The van der Waals surface area contributed by atoms with Gasteiger partial charge in [-0.1, -0.05) is 17.2 Å². The lowest BCUT2D eigenvalue weighted by molar-refractivity contribution is -0.0584. The van der Waals surface area contributed by atoms with E-state index in [-0.39, 0.29) is 22.6 Å². The second kappa shape index (κ2) is 6.65. The maximum atomic E-state index is 12.5. The number of halogens is 2. The lowest BCUT2D eigenvalue weighted by Crippen LogP contribution is -2.32. The number of alkyl halides is 2. The number of hydrogen-bond acceptors (Lipinski definition) is 7. The Kier molecular flexibility index (Phi) is 4.15. The number of carbonyl (C=O) groups excluding carboxylic acids is 3. The fourth-order valence-corrected chi connectivity index (χ4v) is 2.57. The number of benzene rings is 2. The quantitative estimate of drug-likeness (QED) is 0.636. The largest absolute Gasteiger partial charge is 0.415 e. The van der Waals surface area contributed by atoms with Crippen LogP contribution in [0.4, 0.5) is 8.78 Å². The third-order valence-corrected chi connectivity index (χ3v) is 3.93. The van der Waals surface area contributed by atoms with E-state index in [0.717, 1.165) is 0 Å². The van der Waals surface area contributed by atoms with Gasteiger partial charge in [0.2, 0.25) is 5.89 Å². The minimum atomic E-state index is -2.89. The minimum absolute atomic E-state index is 0.0221. The first-order valence-corrected chi connectivity index (χ1v) is 7.88. The zero-order valence-electron chi connectivity index (χ0n) is 13.8. The number of nitrogens with zero attached hydrogens (tertiary/aromatic N) is 3. The molecule has 2 amide bonds. The smallest absolute Gasteiger partial charge is 0.363 e. The topological polar surface area (TPSA) is 103 Å². The van der Waals surface area contributed by atoms with Gasteiger partial charge in [0.1, 0.15) is 0 Å². The first-order chi connectivity index (χ1) is 13.5. The van der Waals surface area contributed by atoms with Crippen LogP contribution in [0.25, 0.3) is 11.5 Å². The molecule has 3 aromatic rings. The Bertz CT molecular complexity index is 1060. The Morgan fingerprint density at radius 2 is 1.57 bits per heavy atom. The standard InChI is InChI=1S/C18H9F2N3O5/c19-13(20)15-22-21-14(27-15)9-5-7-10(8-6-9)18(26)28-23-16(24)11-3-1-2-4-12(11)17(23)25/h1-8,13H. The molecule has 0 radical (unpaired) electrons. The average Bonchev–Trinajstić information content (AvgIpc) is 3.29. The van der Waals surface area contributed by atoms with Crippen LogP contribution in [0.1, 0.15) is 43.4 Å². The van der Waals surface area contributed by atoms with Crippen LogP contribution in [0, 0.1) is 0 Å². The van der Waals surface area contributed by atoms with E-state index in [1.54, 1.807) is 12.1 Å². The van der Waals surface area contributed by atoms with Crippen molar-refractivity contribution < 1.29 is 32.4 Å². The summed E-state index contributed by atoms with van der Waals surface area (Å²) in [5.41, 5.74) is 0.606. The summed E-state index contributed by atoms with van der Waals surface area (Å²) in [6.07, 6.45) is -2.89. The van der Waals surface area contributed by atoms with Crippen molar-refractivity contribution in [2.45, 2.75) is 6.43 Å². The molecule has 0 atom stereocenters. The molecule has 10 heteroatoms. The highest BCUT2D eigenvalue weighted by molar-refractivity contribution is 6.21. The summed E-state index contributed by atoms with van der Waals surface area (Å²) in [4.78, 5) is 41.6. The number of hydroxylamine groups is 2. The Morgan fingerprint density at radius 3 is 2.11 bits per heavy atom. The predicted molar refractivity (Wildman–Crippen MR) is 87.0 cm³/mol. The molecule has 8 nitrogen and oxygen atoms in total. The Hall–Kier alpha value is -3.95. The fraction of sp³-hybridized carbons (Fsp3) is 0.0556. The monoisotopic (exact) mass is 385 g/mol. The van der Waals surface area contributed by atoms with E-state index in [2.05, 4.69) is 10.2 Å². The van der Waals surface area contributed by atoms with Crippen LogP contribution in [0.3, 0.4) is 0 Å². The Balaban J connectivity index is 1.50. The van der Waals surface area contributed by atoms with Gasteiger partial charge in [-0.2, -0.15) is 8.78 Å². The van der Waals surface area contributed by atoms with Crippen molar-refractivity contribution in [2.24, 2.45) is 0 Å². The summed E-state index contributed by atoms with van der Waals surface area (Å²) in [6, 6.07) is 11.5. The molecule has 0 spiro atoms. The maximum absolute atomic E-state index is 12.5. The van der Waals surface area contributed by atoms with Crippen molar-refractivity contribution in [1.82, 2.24) is 15.3 Å². The molecule has 2 heterocycles. The lowest BCUT2D eigenvalue weighted by atomic mass is 10.1. The molecule has 2 aromatic carbocycles. The van der Waals surface area contributed by atoms with Crippen molar-refractivity contribution in [3.63, 3.8) is 0 Å².